The molecule has 2 rings (SSSR count). The van der Waals surface area contributed by atoms with Crippen molar-refractivity contribution in [2.24, 2.45) is 5.92 Å². The van der Waals surface area contributed by atoms with Crippen LogP contribution in [0.2, 0.25) is 5.02 Å². The van der Waals surface area contributed by atoms with Crippen molar-refractivity contribution in [3.05, 3.63) is 47.5 Å². The molecule has 0 saturated heterocycles. The van der Waals surface area contributed by atoms with Crippen LogP contribution in [-0.4, -0.2) is 34.6 Å². The Bertz CT molecular complexity index is 932. The third kappa shape index (κ3) is 6.12. The molecule has 1 amide bonds. The monoisotopic (exact) mass is 426 g/mol. The van der Waals surface area contributed by atoms with Crippen LogP contribution in [0.5, 0.6) is 11.5 Å². The minimum Gasteiger partial charge on any atom is -0.495 e. The zero-order valence-corrected chi connectivity index (χ0v) is 17.4. The molecule has 0 radical (unpaired) electrons. The van der Waals surface area contributed by atoms with Crippen LogP contribution >= 0.6 is 11.6 Å². The maximum absolute atomic E-state index is 12.2. The summed E-state index contributed by atoms with van der Waals surface area (Å²) in [7, 11) is -2.15. The highest BCUT2D eigenvalue weighted by atomic mass is 35.5. The van der Waals surface area contributed by atoms with E-state index in [0.29, 0.717) is 18.0 Å². The number of anilines is 1. The smallest absolute Gasteiger partial charge is 0.262 e. The van der Waals surface area contributed by atoms with Crippen LogP contribution in [-0.2, 0) is 14.8 Å². The number of carbonyl (C=O) groups is 1. The summed E-state index contributed by atoms with van der Waals surface area (Å²) in [5.41, 5.74) is 0.516. The molecular weight excluding hydrogens is 404 g/mol. The lowest BCUT2D eigenvalue weighted by Gasteiger charge is -2.12. The van der Waals surface area contributed by atoms with Gasteiger partial charge in [0, 0.05) is 6.54 Å². The largest absolute Gasteiger partial charge is 0.495 e. The van der Waals surface area contributed by atoms with Crippen molar-refractivity contribution in [1.29, 1.82) is 0 Å². The van der Waals surface area contributed by atoms with Gasteiger partial charge in [0.25, 0.3) is 5.91 Å². The molecule has 0 unspecified atom stereocenters. The normalized spacial score (nSPS) is 11.3. The molecule has 2 aromatic carbocycles. The van der Waals surface area contributed by atoms with Gasteiger partial charge < -0.3 is 14.8 Å². The minimum atomic E-state index is -3.66. The molecule has 0 bridgehead atoms. The van der Waals surface area contributed by atoms with E-state index in [0.717, 1.165) is 0 Å². The number of carbonyl (C=O) groups excluding carboxylic acids is 1. The minimum absolute atomic E-state index is 0.0315. The van der Waals surface area contributed by atoms with Crippen LogP contribution in [0.15, 0.2) is 47.4 Å². The highest BCUT2D eigenvalue weighted by Gasteiger charge is 2.17. The van der Waals surface area contributed by atoms with E-state index in [4.69, 9.17) is 21.1 Å². The van der Waals surface area contributed by atoms with Gasteiger partial charge in [-0.25, -0.2) is 13.1 Å². The van der Waals surface area contributed by atoms with E-state index in [-0.39, 0.29) is 28.2 Å². The zero-order chi connectivity index (χ0) is 20.7. The highest BCUT2D eigenvalue weighted by Crippen LogP contribution is 2.28. The maximum atomic E-state index is 12.2. The van der Waals surface area contributed by atoms with Gasteiger partial charge in [-0.15, -0.1) is 0 Å². The Kier molecular flexibility index (Phi) is 7.68. The summed E-state index contributed by atoms with van der Waals surface area (Å²) in [5, 5.41) is 2.77. The van der Waals surface area contributed by atoms with Crippen LogP contribution < -0.4 is 19.5 Å². The van der Waals surface area contributed by atoms with Gasteiger partial charge in [0.05, 0.1) is 22.7 Å². The first-order valence-electron chi connectivity index (χ1n) is 8.58. The van der Waals surface area contributed by atoms with Gasteiger partial charge in [0.1, 0.15) is 11.5 Å². The number of hydrogen-bond donors (Lipinski definition) is 2. The second-order valence-electron chi connectivity index (χ2n) is 6.38. The van der Waals surface area contributed by atoms with Gasteiger partial charge in [-0.05, 0) is 36.2 Å². The van der Waals surface area contributed by atoms with Gasteiger partial charge in [0.2, 0.25) is 10.0 Å². The van der Waals surface area contributed by atoms with Gasteiger partial charge >= 0.3 is 0 Å². The standard InChI is InChI=1S/C19H23ClN2O5S/c1-13(2)11-21-28(24,25)14-8-9-17(15(20)10-14)27-12-19(23)22-16-6-4-5-7-18(16)26-3/h4-10,13,21H,11-12H2,1-3H3,(H,22,23). The maximum Gasteiger partial charge on any atom is 0.262 e. The van der Waals surface area contributed by atoms with Crippen molar-refractivity contribution in [3.63, 3.8) is 0 Å². The number of nitrogens with one attached hydrogen (secondary N) is 2. The molecule has 2 aromatic rings. The molecule has 0 saturated carbocycles. The number of para-hydroxylation sites is 2. The molecule has 2 N–H and O–H groups in total. The number of hydrogen-bond acceptors (Lipinski definition) is 5. The first-order chi connectivity index (χ1) is 13.2. The Hall–Kier alpha value is -2.29. The SMILES string of the molecule is COc1ccccc1NC(=O)COc1ccc(S(=O)(=O)NCC(C)C)cc1Cl. The second kappa shape index (κ2) is 9.77. The average molecular weight is 427 g/mol. The Morgan fingerprint density at radius 3 is 2.50 bits per heavy atom. The Balaban J connectivity index is 2.00. The second-order valence-corrected chi connectivity index (χ2v) is 8.55. The number of amides is 1. The van der Waals surface area contributed by atoms with Crippen molar-refractivity contribution < 1.29 is 22.7 Å². The number of benzene rings is 2. The van der Waals surface area contributed by atoms with Crippen molar-refractivity contribution in [3.8, 4) is 11.5 Å². The number of ether oxygens (including phenoxy) is 2. The Morgan fingerprint density at radius 2 is 1.86 bits per heavy atom. The van der Waals surface area contributed by atoms with Crippen LogP contribution in [0.1, 0.15) is 13.8 Å². The van der Waals surface area contributed by atoms with E-state index in [2.05, 4.69) is 10.0 Å². The quantitative estimate of drug-likeness (QED) is 0.641. The van der Waals surface area contributed by atoms with E-state index in [1.165, 1.54) is 25.3 Å². The molecule has 0 heterocycles. The summed E-state index contributed by atoms with van der Waals surface area (Å²) >= 11 is 6.12. The summed E-state index contributed by atoms with van der Waals surface area (Å²) in [6, 6.07) is 11.1. The predicted octanol–water partition coefficient (Wildman–Crippen LogP) is 3.30. The summed E-state index contributed by atoms with van der Waals surface area (Å²) in [6.07, 6.45) is 0. The fourth-order valence-corrected chi connectivity index (χ4v) is 3.74. The lowest BCUT2D eigenvalue weighted by molar-refractivity contribution is -0.118. The molecule has 0 spiro atoms. The Labute approximate surface area is 170 Å². The van der Waals surface area contributed by atoms with E-state index in [1.807, 2.05) is 13.8 Å². The van der Waals surface area contributed by atoms with E-state index in [9.17, 15) is 13.2 Å². The third-order valence-corrected chi connectivity index (χ3v) is 5.35. The molecule has 0 aromatic heterocycles. The molecule has 0 fully saturated rings. The number of halogens is 1. The molecule has 0 aliphatic carbocycles. The summed E-state index contributed by atoms with van der Waals surface area (Å²) in [5.74, 6) is 0.502. The molecule has 0 aliphatic rings. The predicted molar refractivity (Wildman–Crippen MR) is 109 cm³/mol. The molecule has 0 aliphatic heterocycles. The van der Waals surface area contributed by atoms with Gasteiger partial charge in [-0.3, -0.25) is 4.79 Å². The lowest BCUT2D eigenvalue weighted by Crippen LogP contribution is -2.27. The molecular formula is C19H23ClN2O5S. The summed E-state index contributed by atoms with van der Waals surface area (Å²) in [4.78, 5) is 12.1. The van der Waals surface area contributed by atoms with Crippen molar-refractivity contribution in [1.82, 2.24) is 4.72 Å². The summed E-state index contributed by atoms with van der Waals surface area (Å²) in [6.45, 7) is 3.84. The first-order valence-corrected chi connectivity index (χ1v) is 10.4. The third-order valence-electron chi connectivity index (χ3n) is 3.64. The molecule has 152 valence electrons. The molecule has 7 nitrogen and oxygen atoms in total. The van der Waals surface area contributed by atoms with Crippen LogP contribution in [0.3, 0.4) is 0 Å². The fourth-order valence-electron chi connectivity index (χ4n) is 2.20. The fraction of sp³-hybridized carbons (Fsp3) is 0.316. The van der Waals surface area contributed by atoms with Crippen molar-refractivity contribution in [2.45, 2.75) is 18.7 Å². The van der Waals surface area contributed by atoms with E-state index >= 15 is 0 Å². The number of methoxy groups -OCH3 is 1. The van der Waals surface area contributed by atoms with Crippen molar-refractivity contribution >= 4 is 33.2 Å². The lowest BCUT2D eigenvalue weighted by atomic mass is 10.2. The average Bonchev–Trinajstić information content (AvgIpc) is 2.66. The van der Waals surface area contributed by atoms with Gasteiger partial charge in [-0.2, -0.15) is 0 Å². The van der Waals surface area contributed by atoms with Crippen molar-refractivity contribution in [2.75, 3.05) is 25.6 Å². The molecule has 9 heteroatoms. The van der Waals surface area contributed by atoms with E-state index in [1.54, 1.807) is 24.3 Å². The van der Waals surface area contributed by atoms with Crippen LogP contribution in [0.25, 0.3) is 0 Å². The zero-order valence-electron chi connectivity index (χ0n) is 15.9. The Morgan fingerprint density at radius 1 is 1.14 bits per heavy atom. The van der Waals surface area contributed by atoms with Gasteiger partial charge in [-0.1, -0.05) is 37.6 Å². The van der Waals surface area contributed by atoms with Crippen LogP contribution in [0.4, 0.5) is 5.69 Å². The van der Waals surface area contributed by atoms with E-state index < -0.39 is 15.9 Å². The molecule has 28 heavy (non-hydrogen) atoms. The summed E-state index contributed by atoms with van der Waals surface area (Å²) < 4.78 is 37.6. The highest BCUT2D eigenvalue weighted by molar-refractivity contribution is 7.89. The topological polar surface area (TPSA) is 93.7 Å². The first kappa shape index (κ1) is 22.0. The van der Waals surface area contributed by atoms with Gasteiger partial charge in [0.15, 0.2) is 6.61 Å². The number of rotatable bonds is 9. The number of sulfonamides is 1. The van der Waals surface area contributed by atoms with Crippen LogP contribution in [0, 0.1) is 5.92 Å². The molecule has 0 atom stereocenters.